The predicted octanol–water partition coefficient (Wildman–Crippen LogP) is 1.22. The fourth-order valence-electron chi connectivity index (χ4n) is 1.37. The summed E-state index contributed by atoms with van der Waals surface area (Å²) in [5, 5.41) is 2.87. The Morgan fingerprint density at radius 2 is 2.19 bits per heavy atom. The first-order chi connectivity index (χ1) is 7.68. The molecule has 0 bridgehead atoms. The van der Waals surface area contributed by atoms with Crippen LogP contribution in [0.4, 0.5) is 0 Å². The van der Waals surface area contributed by atoms with Gasteiger partial charge in [-0.05, 0) is 37.5 Å². The summed E-state index contributed by atoms with van der Waals surface area (Å²) < 4.78 is 0. The lowest BCUT2D eigenvalue weighted by Gasteiger charge is -2.06. The molecule has 0 saturated carbocycles. The van der Waals surface area contributed by atoms with Crippen LogP contribution in [0.15, 0.2) is 24.5 Å². The average molecular weight is 221 g/mol. The second-order valence-corrected chi connectivity index (χ2v) is 4.00. The Morgan fingerprint density at radius 3 is 2.81 bits per heavy atom. The van der Waals surface area contributed by atoms with Crippen molar-refractivity contribution in [2.24, 2.45) is 5.73 Å². The molecule has 88 valence electrons. The third-order valence-electron chi connectivity index (χ3n) is 2.30. The summed E-state index contributed by atoms with van der Waals surface area (Å²) in [6, 6.07) is 3.96. The van der Waals surface area contributed by atoms with Crippen LogP contribution in [0.1, 0.15) is 31.7 Å². The van der Waals surface area contributed by atoms with Crippen molar-refractivity contribution in [3.63, 3.8) is 0 Å². The molecule has 1 amide bonds. The highest BCUT2D eigenvalue weighted by Crippen LogP contribution is 1.99. The van der Waals surface area contributed by atoms with Crippen molar-refractivity contribution in [1.29, 1.82) is 0 Å². The van der Waals surface area contributed by atoms with Gasteiger partial charge in [-0.15, -0.1) is 0 Å². The molecular weight excluding hydrogens is 202 g/mol. The van der Waals surface area contributed by atoms with Gasteiger partial charge in [0.05, 0.1) is 0 Å². The van der Waals surface area contributed by atoms with Gasteiger partial charge in [0, 0.05) is 31.4 Å². The van der Waals surface area contributed by atoms with Gasteiger partial charge in [-0.2, -0.15) is 0 Å². The minimum Gasteiger partial charge on any atom is -0.352 e. The van der Waals surface area contributed by atoms with E-state index in [9.17, 15) is 4.79 Å². The number of carbonyl (C=O) groups is 1. The highest BCUT2D eigenvalue weighted by Gasteiger charge is 2.02. The van der Waals surface area contributed by atoms with Crippen molar-refractivity contribution in [2.75, 3.05) is 0 Å². The Balaban J connectivity index is 2.16. The molecule has 16 heavy (non-hydrogen) atoms. The number of hydrogen-bond acceptors (Lipinski definition) is 3. The van der Waals surface area contributed by atoms with Gasteiger partial charge < -0.3 is 11.1 Å². The maximum absolute atomic E-state index is 11.4. The Labute approximate surface area is 96.3 Å². The molecule has 1 aromatic rings. The van der Waals surface area contributed by atoms with Gasteiger partial charge in [0.2, 0.25) is 5.91 Å². The van der Waals surface area contributed by atoms with Crippen LogP contribution in [0.2, 0.25) is 0 Å². The number of nitrogens with two attached hydrogens (primary N) is 1. The molecule has 4 nitrogen and oxygen atoms in total. The van der Waals surface area contributed by atoms with E-state index in [0.29, 0.717) is 13.0 Å². The third-order valence-corrected chi connectivity index (χ3v) is 2.30. The molecule has 1 rings (SSSR count). The maximum Gasteiger partial charge on any atom is 0.220 e. The summed E-state index contributed by atoms with van der Waals surface area (Å²) in [6.07, 6.45) is 5.73. The van der Waals surface area contributed by atoms with Gasteiger partial charge in [-0.1, -0.05) is 0 Å². The first-order valence-electron chi connectivity index (χ1n) is 5.59. The largest absolute Gasteiger partial charge is 0.352 e. The number of nitrogens with one attached hydrogen (secondary N) is 1. The lowest BCUT2D eigenvalue weighted by molar-refractivity contribution is -0.121. The zero-order chi connectivity index (χ0) is 11.8. The summed E-state index contributed by atoms with van der Waals surface area (Å²) in [5.74, 6) is 0.0810. The standard InChI is InChI=1S/C12H19N3O/c1-10(13)3-2-4-12(16)15-9-11-5-7-14-8-6-11/h5-8,10H,2-4,9,13H2,1H3,(H,15,16). The van der Waals surface area contributed by atoms with Crippen LogP contribution in [-0.4, -0.2) is 16.9 Å². The molecule has 0 saturated heterocycles. The average Bonchev–Trinajstić information content (AvgIpc) is 2.27. The zero-order valence-electron chi connectivity index (χ0n) is 9.65. The number of aromatic nitrogens is 1. The van der Waals surface area contributed by atoms with E-state index in [1.54, 1.807) is 12.4 Å². The summed E-state index contributed by atoms with van der Waals surface area (Å²) in [6.45, 7) is 2.52. The number of carbonyl (C=O) groups excluding carboxylic acids is 1. The highest BCUT2D eigenvalue weighted by atomic mass is 16.1. The number of rotatable bonds is 6. The van der Waals surface area contributed by atoms with Crippen LogP contribution in [0.3, 0.4) is 0 Å². The van der Waals surface area contributed by atoms with Crippen molar-refractivity contribution in [3.8, 4) is 0 Å². The summed E-state index contributed by atoms with van der Waals surface area (Å²) in [7, 11) is 0. The molecule has 0 radical (unpaired) electrons. The first kappa shape index (κ1) is 12.6. The molecule has 0 aliphatic rings. The smallest absolute Gasteiger partial charge is 0.220 e. The molecule has 0 aliphatic heterocycles. The lowest BCUT2D eigenvalue weighted by Crippen LogP contribution is -2.23. The van der Waals surface area contributed by atoms with Crippen LogP contribution in [0, 0.1) is 0 Å². The Morgan fingerprint density at radius 1 is 1.50 bits per heavy atom. The molecule has 1 atom stereocenters. The van der Waals surface area contributed by atoms with Crippen molar-refractivity contribution < 1.29 is 4.79 Å². The normalized spacial score (nSPS) is 12.1. The highest BCUT2D eigenvalue weighted by molar-refractivity contribution is 5.75. The first-order valence-corrected chi connectivity index (χ1v) is 5.59. The minimum atomic E-state index is 0.0810. The van der Waals surface area contributed by atoms with Crippen molar-refractivity contribution in [2.45, 2.75) is 38.8 Å². The Bertz CT molecular complexity index is 311. The molecule has 4 heteroatoms. The predicted molar refractivity (Wildman–Crippen MR) is 63.6 cm³/mol. The molecule has 0 aliphatic carbocycles. The lowest BCUT2D eigenvalue weighted by atomic mass is 10.1. The second-order valence-electron chi connectivity index (χ2n) is 4.00. The molecule has 0 spiro atoms. The van der Waals surface area contributed by atoms with Crippen LogP contribution in [0.5, 0.6) is 0 Å². The van der Waals surface area contributed by atoms with Gasteiger partial charge in [0.25, 0.3) is 0 Å². The number of pyridine rings is 1. The molecular formula is C12H19N3O. The van der Waals surface area contributed by atoms with E-state index in [1.165, 1.54) is 0 Å². The zero-order valence-corrected chi connectivity index (χ0v) is 9.65. The van der Waals surface area contributed by atoms with Crippen LogP contribution >= 0.6 is 0 Å². The number of nitrogens with zero attached hydrogens (tertiary/aromatic N) is 1. The fourth-order valence-corrected chi connectivity index (χ4v) is 1.37. The van der Waals surface area contributed by atoms with Crippen molar-refractivity contribution >= 4 is 5.91 Å². The Hall–Kier alpha value is -1.42. The van der Waals surface area contributed by atoms with Gasteiger partial charge in [0.15, 0.2) is 0 Å². The SMILES string of the molecule is CC(N)CCCC(=O)NCc1ccncc1. The second kappa shape index (κ2) is 6.95. The summed E-state index contributed by atoms with van der Waals surface area (Å²) in [5.41, 5.74) is 6.67. The van der Waals surface area contributed by atoms with E-state index in [1.807, 2.05) is 19.1 Å². The van der Waals surface area contributed by atoms with Gasteiger partial charge in [0.1, 0.15) is 0 Å². The fraction of sp³-hybridized carbons (Fsp3) is 0.500. The molecule has 3 N–H and O–H groups in total. The molecule has 1 unspecified atom stereocenters. The van der Waals surface area contributed by atoms with E-state index in [2.05, 4.69) is 10.3 Å². The molecule has 1 aromatic heterocycles. The maximum atomic E-state index is 11.4. The van der Waals surface area contributed by atoms with Crippen LogP contribution in [-0.2, 0) is 11.3 Å². The van der Waals surface area contributed by atoms with Gasteiger partial charge >= 0.3 is 0 Å². The monoisotopic (exact) mass is 221 g/mol. The number of hydrogen-bond donors (Lipinski definition) is 2. The van der Waals surface area contributed by atoms with E-state index >= 15 is 0 Å². The topological polar surface area (TPSA) is 68.0 Å². The molecule has 0 aromatic carbocycles. The summed E-state index contributed by atoms with van der Waals surface area (Å²) in [4.78, 5) is 15.3. The van der Waals surface area contributed by atoms with E-state index in [0.717, 1.165) is 18.4 Å². The van der Waals surface area contributed by atoms with Crippen LogP contribution in [0.25, 0.3) is 0 Å². The summed E-state index contributed by atoms with van der Waals surface area (Å²) >= 11 is 0. The third kappa shape index (κ3) is 5.46. The van der Waals surface area contributed by atoms with Crippen molar-refractivity contribution in [3.05, 3.63) is 30.1 Å². The molecule has 0 fully saturated rings. The van der Waals surface area contributed by atoms with E-state index in [4.69, 9.17) is 5.73 Å². The quantitative estimate of drug-likeness (QED) is 0.758. The van der Waals surface area contributed by atoms with E-state index < -0.39 is 0 Å². The Kier molecular flexibility index (Phi) is 5.50. The minimum absolute atomic E-state index is 0.0810. The van der Waals surface area contributed by atoms with Crippen LogP contribution < -0.4 is 11.1 Å². The van der Waals surface area contributed by atoms with Gasteiger partial charge in [-0.3, -0.25) is 9.78 Å². The van der Waals surface area contributed by atoms with Gasteiger partial charge in [-0.25, -0.2) is 0 Å². The van der Waals surface area contributed by atoms with Crippen molar-refractivity contribution in [1.82, 2.24) is 10.3 Å². The number of amides is 1. The molecule has 1 heterocycles. The van der Waals surface area contributed by atoms with E-state index in [-0.39, 0.29) is 11.9 Å².